The molecule has 0 aliphatic carbocycles. The molecule has 0 spiro atoms. The lowest BCUT2D eigenvalue weighted by Crippen LogP contribution is -2.31. The van der Waals surface area contributed by atoms with Crippen LogP contribution in [0, 0.1) is 0 Å². The lowest BCUT2D eigenvalue weighted by Gasteiger charge is -2.23. The second-order valence-electron chi connectivity index (χ2n) is 6.50. The number of aromatic nitrogens is 2. The first-order chi connectivity index (χ1) is 14.5. The zero-order valence-corrected chi connectivity index (χ0v) is 17.4. The predicted molar refractivity (Wildman–Crippen MR) is 114 cm³/mol. The molecule has 7 nitrogen and oxygen atoms in total. The maximum atomic E-state index is 13.0. The Labute approximate surface area is 180 Å². The van der Waals surface area contributed by atoms with Gasteiger partial charge in [-0.15, -0.1) is 0 Å². The van der Waals surface area contributed by atoms with Gasteiger partial charge < -0.3 is 9.84 Å². The Morgan fingerprint density at radius 1 is 1.07 bits per heavy atom. The minimum absolute atomic E-state index is 0.0317. The maximum Gasteiger partial charge on any atom is 0.302 e. The number of ketones is 1. The van der Waals surface area contributed by atoms with Gasteiger partial charge in [-0.3, -0.25) is 14.5 Å². The van der Waals surface area contributed by atoms with Crippen LogP contribution in [-0.4, -0.2) is 33.9 Å². The minimum atomic E-state index is -0.882. The van der Waals surface area contributed by atoms with E-state index in [1.807, 2.05) is 6.07 Å². The van der Waals surface area contributed by atoms with Crippen LogP contribution in [0.3, 0.4) is 0 Å². The van der Waals surface area contributed by atoms with E-state index >= 15 is 0 Å². The molecule has 0 bridgehead atoms. The summed E-state index contributed by atoms with van der Waals surface area (Å²) in [7, 11) is 1.54. The minimum Gasteiger partial charge on any atom is -0.507 e. The number of nitrogens with zero attached hydrogens (tertiary/aromatic N) is 3. The smallest absolute Gasteiger partial charge is 0.302 e. The molecule has 1 aliphatic rings. The molecule has 150 valence electrons. The lowest BCUT2D eigenvalue weighted by atomic mass is 9.95. The first-order valence-corrected chi connectivity index (χ1v) is 9.78. The van der Waals surface area contributed by atoms with Crippen molar-refractivity contribution in [3.8, 4) is 5.75 Å². The maximum absolute atomic E-state index is 13.0. The van der Waals surface area contributed by atoms with Crippen LogP contribution in [-0.2, 0) is 9.59 Å². The van der Waals surface area contributed by atoms with E-state index in [1.165, 1.54) is 24.4 Å². The second-order valence-corrected chi connectivity index (χ2v) is 7.42. The number of halogens is 1. The number of ether oxygens (including phenoxy) is 1. The van der Waals surface area contributed by atoms with Crippen molar-refractivity contribution in [2.75, 3.05) is 12.0 Å². The van der Waals surface area contributed by atoms with Gasteiger partial charge in [0.05, 0.1) is 18.7 Å². The number of hydrogen-bond donors (Lipinski definition) is 1. The summed E-state index contributed by atoms with van der Waals surface area (Å²) in [4.78, 5) is 35.4. The first-order valence-electron chi connectivity index (χ1n) is 8.99. The molecule has 1 amide bonds. The number of Topliss-reactive ketones (excluding diaryl/α,β-unsaturated/α-hetero) is 1. The zero-order chi connectivity index (χ0) is 21.3. The van der Waals surface area contributed by atoms with Crippen LogP contribution in [0.1, 0.15) is 17.2 Å². The summed E-state index contributed by atoms with van der Waals surface area (Å²) in [6, 6.07) is 14.5. The van der Waals surface area contributed by atoms with Gasteiger partial charge >= 0.3 is 5.91 Å². The highest BCUT2D eigenvalue weighted by molar-refractivity contribution is 9.10. The highest BCUT2D eigenvalue weighted by atomic mass is 79.9. The average molecular weight is 466 g/mol. The van der Waals surface area contributed by atoms with E-state index in [4.69, 9.17) is 4.74 Å². The molecular formula is C22H16BrN3O4. The Kier molecular flexibility index (Phi) is 5.33. The summed E-state index contributed by atoms with van der Waals surface area (Å²) >= 11 is 3.42. The SMILES string of the molecule is COc1ccc(C(O)=C2C(=O)C(=O)N(c3ncccn3)C2c2cccc(Br)c2)cc1. The normalized spacial score (nSPS) is 17.9. The van der Waals surface area contributed by atoms with Crippen LogP contribution < -0.4 is 9.64 Å². The number of hydrogen-bond acceptors (Lipinski definition) is 6. The number of benzene rings is 2. The summed E-state index contributed by atoms with van der Waals surface area (Å²) in [5.74, 6) is -1.20. The number of carbonyl (C=O) groups excluding carboxylic acids is 2. The fourth-order valence-electron chi connectivity index (χ4n) is 3.35. The van der Waals surface area contributed by atoms with Crippen molar-refractivity contribution in [3.05, 3.63) is 88.2 Å². The third-order valence-corrected chi connectivity index (χ3v) is 5.23. The van der Waals surface area contributed by atoms with Gasteiger partial charge in [0.2, 0.25) is 5.95 Å². The van der Waals surface area contributed by atoms with Crippen molar-refractivity contribution in [1.82, 2.24) is 9.97 Å². The topological polar surface area (TPSA) is 92.6 Å². The Morgan fingerprint density at radius 2 is 1.77 bits per heavy atom. The summed E-state index contributed by atoms with van der Waals surface area (Å²) in [6.45, 7) is 0. The molecule has 2 aromatic carbocycles. The highest BCUT2D eigenvalue weighted by Gasteiger charge is 2.48. The van der Waals surface area contributed by atoms with E-state index < -0.39 is 17.7 Å². The summed E-state index contributed by atoms with van der Waals surface area (Å²) < 4.78 is 5.91. The number of amides is 1. The zero-order valence-electron chi connectivity index (χ0n) is 15.8. The van der Waals surface area contributed by atoms with Crippen LogP contribution >= 0.6 is 15.9 Å². The van der Waals surface area contributed by atoms with E-state index in [9.17, 15) is 14.7 Å². The lowest BCUT2D eigenvalue weighted by molar-refractivity contribution is -0.132. The van der Waals surface area contributed by atoms with E-state index in [0.717, 1.165) is 4.47 Å². The molecule has 3 aromatic rings. The van der Waals surface area contributed by atoms with Gasteiger partial charge in [0.1, 0.15) is 11.5 Å². The Bertz CT molecular complexity index is 1150. The molecule has 1 N–H and O–H groups in total. The molecule has 1 fully saturated rings. The van der Waals surface area contributed by atoms with Crippen molar-refractivity contribution < 1.29 is 19.4 Å². The van der Waals surface area contributed by atoms with E-state index in [2.05, 4.69) is 25.9 Å². The van der Waals surface area contributed by atoms with Gasteiger partial charge in [0.25, 0.3) is 5.78 Å². The van der Waals surface area contributed by atoms with Crippen molar-refractivity contribution in [1.29, 1.82) is 0 Å². The first kappa shape index (κ1) is 19.8. The van der Waals surface area contributed by atoms with Gasteiger partial charge in [-0.25, -0.2) is 9.97 Å². The second kappa shape index (κ2) is 8.08. The molecule has 1 unspecified atom stereocenters. The largest absolute Gasteiger partial charge is 0.507 e. The number of carbonyl (C=O) groups is 2. The van der Waals surface area contributed by atoms with E-state index in [1.54, 1.807) is 48.5 Å². The summed E-state index contributed by atoms with van der Waals surface area (Å²) in [5.41, 5.74) is 0.990. The van der Waals surface area contributed by atoms with Crippen LogP contribution in [0.2, 0.25) is 0 Å². The van der Waals surface area contributed by atoms with Crippen molar-refractivity contribution in [3.63, 3.8) is 0 Å². The number of anilines is 1. The molecule has 8 heteroatoms. The molecule has 1 atom stereocenters. The van der Waals surface area contributed by atoms with Crippen LogP contribution in [0.25, 0.3) is 5.76 Å². The van der Waals surface area contributed by atoms with E-state index in [-0.39, 0.29) is 17.3 Å². The van der Waals surface area contributed by atoms with Gasteiger partial charge in [-0.05, 0) is 48.0 Å². The molecular weight excluding hydrogens is 450 g/mol. The highest BCUT2D eigenvalue weighted by Crippen LogP contribution is 2.41. The van der Waals surface area contributed by atoms with Gasteiger partial charge in [-0.1, -0.05) is 28.1 Å². The monoisotopic (exact) mass is 465 g/mol. The summed E-state index contributed by atoms with van der Waals surface area (Å²) in [5, 5.41) is 11.0. The predicted octanol–water partition coefficient (Wildman–Crippen LogP) is 3.87. The van der Waals surface area contributed by atoms with Gasteiger partial charge in [-0.2, -0.15) is 0 Å². The van der Waals surface area contributed by atoms with Crippen LogP contribution in [0.4, 0.5) is 5.95 Å². The molecule has 1 saturated heterocycles. The molecule has 2 heterocycles. The molecule has 30 heavy (non-hydrogen) atoms. The fourth-order valence-corrected chi connectivity index (χ4v) is 3.77. The molecule has 0 radical (unpaired) electrons. The number of methoxy groups -OCH3 is 1. The van der Waals surface area contributed by atoms with Crippen molar-refractivity contribution in [2.45, 2.75) is 6.04 Å². The van der Waals surface area contributed by atoms with Gasteiger partial charge in [0, 0.05) is 22.4 Å². The Morgan fingerprint density at radius 3 is 2.40 bits per heavy atom. The molecule has 1 aliphatic heterocycles. The third kappa shape index (κ3) is 3.46. The van der Waals surface area contributed by atoms with Crippen LogP contribution in [0.15, 0.2) is 77.0 Å². The average Bonchev–Trinajstić information content (AvgIpc) is 3.04. The molecule has 4 rings (SSSR count). The molecule has 1 aromatic heterocycles. The number of aliphatic hydroxyl groups is 1. The Balaban J connectivity index is 1.93. The third-order valence-electron chi connectivity index (χ3n) is 4.74. The summed E-state index contributed by atoms with van der Waals surface area (Å²) in [6.07, 6.45) is 2.98. The number of rotatable bonds is 4. The fraction of sp³-hybridized carbons (Fsp3) is 0.0909. The van der Waals surface area contributed by atoms with E-state index in [0.29, 0.717) is 16.9 Å². The quantitative estimate of drug-likeness (QED) is 0.357. The molecule has 0 saturated carbocycles. The van der Waals surface area contributed by atoms with Gasteiger partial charge in [0.15, 0.2) is 0 Å². The van der Waals surface area contributed by atoms with Crippen LogP contribution in [0.5, 0.6) is 5.75 Å². The van der Waals surface area contributed by atoms with Crippen molar-refractivity contribution >= 4 is 39.3 Å². The standard InChI is InChI=1S/C22H16BrN3O4/c1-30-16-8-6-13(7-9-16)19(27)17-18(14-4-2-5-15(23)12-14)26(21(29)20(17)28)22-24-10-3-11-25-22/h2-12,18,27H,1H3. The number of aliphatic hydroxyl groups excluding tert-OH is 1. The Hall–Kier alpha value is -3.52. The van der Waals surface area contributed by atoms with Crippen molar-refractivity contribution in [2.24, 2.45) is 0 Å².